The summed E-state index contributed by atoms with van der Waals surface area (Å²) >= 11 is 6.17. The Morgan fingerprint density at radius 1 is 1.26 bits per heavy atom. The number of hydrogen-bond donors (Lipinski definition) is 2. The summed E-state index contributed by atoms with van der Waals surface area (Å²) in [6, 6.07) is 14.2. The van der Waals surface area contributed by atoms with E-state index < -0.39 is 6.04 Å². The normalized spacial score (nSPS) is 14.9. The number of hydrogen-bond acceptors (Lipinski definition) is 4. The molecule has 3 aromatic rings. The van der Waals surface area contributed by atoms with Crippen LogP contribution in [0.1, 0.15) is 30.6 Å². The number of aromatic nitrogens is 2. The second kappa shape index (κ2) is 8.91. The Hall–Kier alpha value is -3.16. The summed E-state index contributed by atoms with van der Waals surface area (Å²) in [5, 5.41) is 10.9. The van der Waals surface area contributed by atoms with Gasteiger partial charge in [0.15, 0.2) is 0 Å². The second-order valence-corrected chi connectivity index (χ2v) is 7.80. The number of carbonyl (C=O) groups excluding carboxylic acids is 2. The average molecular weight is 439 g/mol. The van der Waals surface area contributed by atoms with E-state index in [1.807, 2.05) is 42.5 Å². The Labute approximate surface area is 185 Å². The van der Waals surface area contributed by atoms with Crippen LogP contribution in [-0.4, -0.2) is 28.7 Å². The molecule has 1 aromatic heterocycles. The van der Waals surface area contributed by atoms with Crippen LogP contribution in [-0.2, 0) is 27.4 Å². The number of rotatable bonds is 7. The lowest BCUT2D eigenvalue weighted by Crippen LogP contribution is -2.24. The van der Waals surface area contributed by atoms with Crippen molar-refractivity contribution in [1.29, 1.82) is 0 Å². The van der Waals surface area contributed by atoms with E-state index in [1.165, 1.54) is 5.56 Å². The first-order valence-corrected chi connectivity index (χ1v) is 10.4. The number of halogens is 1. The van der Waals surface area contributed by atoms with Crippen LogP contribution in [0.2, 0.25) is 5.02 Å². The summed E-state index contributed by atoms with van der Waals surface area (Å²) in [5.74, 6) is 0.0148. The third-order valence-corrected chi connectivity index (χ3v) is 5.48. The van der Waals surface area contributed by atoms with Gasteiger partial charge in [-0.3, -0.25) is 9.59 Å². The van der Waals surface area contributed by atoms with Gasteiger partial charge in [-0.25, -0.2) is 4.68 Å². The molecule has 1 aliphatic rings. The zero-order valence-corrected chi connectivity index (χ0v) is 18.1. The fourth-order valence-electron chi connectivity index (χ4n) is 3.71. The molecule has 2 heterocycles. The summed E-state index contributed by atoms with van der Waals surface area (Å²) in [5.41, 5.74) is 4.12. The van der Waals surface area contributed by atoms with Crippen molar-refractivity contribution in [1.82, 2.24) is 9.78 Å². The van der Waals surface area contributed by atoms with Crippen molar-refractivity contribution in [3.8, 4) is 11.1 Å². The Kier molecular flexibility index (Phi) is 6.06. The van der Waals surface area contributed by atoms with Gasteiger partial charge in [-0.15, -0.1) is 0 Å². The quantitative estimate of drug-likeness (QED) is 0.571. The minimum absolute atomic E-state index is 0.0303. The first-order chi connectivity index (χ1) is 15.0. The van der Waals surface area contributed by atoms with Gasteiger partial charge in [-0.05, 0) is 41.8 Å². The molecule has 0 radical (unpaired) electrons. The molecular weight excluding hydrogens is 416 g/mol. The summed E-state index contributed by atoms with van der Waals surface area (Å²) < 4.78 is 6.87. The molecule has 0 aliphatic carbocycles. The van der Waals surface area contributed by atoms with Gasteiger partial charge in [0.1, 0.15) is 11.9 Å². The van der Waals surface area contributed by atoms with Crippen LogP contribution in [0.4, 0.5) is 11.5 Å². The summed E-state index contributed by atoms with van der Waals surface area (Å²) in [6.45, 7) is 2.34. The number of methoxy groups -OCH3 is 1. The molecule has 7 nitrogen and oxygen atoms in total. The molecule has 0 bridgehead atoms. The first-order valence-electron chi connectivity index (χ1n) is 10.1. The van der Waals surface area contributed by atoms with E-state index in [2.05, 4.69) is 22.7 Å². The Bertz CT molecular complexity index is 1120. The van der Waals surface area contributed by atoms with Gasteiger partial charge in [-0.2, -0.15) is 5.10 Å². The fourth-order valence-corrected chi connectivity index (χ4v) is 3.90. The molecule has 31 heavy (non-hydrogen) atoms. The molecule has 0 spiro atoms. The maximum atomic E-state index is 12.7. The number of benzene rings is 2. The molecule has 0 fully saturated rings. The summed E-state index contributed by atoms with van der Waals surface area (Å²) in [6.07, 6.45) is 0.898. The van der Waals surface area contributed by atoms with E-state index in [0.717, 1.165) is 17.5 Å². The van der Waals surface area contributed by atoms with Crippen molar-refractivity contribution < 1.29 is 14.3 Å². The zero-order chi connectivity index (χ0) is 22.0. The van der Waals surface area contributed by atoms with Crippen LogP contribution in [0.5, 0.6) is 0 Å². The number of ether oxygens (including phenoxy) is 1. The number of amides is 2. The lowest BCUT2D eigenvalue weighted by atomic mass is 10.1. The molecule has 0 saturated carbocycles. The van der Waals surface area contributed by atoms with Crippen LogP contribution in [0.3, 0.4) is 0 Å². The van der Waals surface area contributed by atoms with Crippen molar-refractivity contribution in [3.63, 3.8) is 0 Å². The van der Waals surface area contributed by atoms with Crippen LogP contribution in [0, 0.1) is 0 Å². The molecule has 1 aliphatic heterocycles. The summed E-state index contributed by atoms with van der Waals surface area (Å²) in [7, 11) is 1.58. The van der Waals surface area contributed by atoms with Gasteiger partial charge in [0, 0.05) is 23.4 Å². The number of nitrogens with zero attached hydrogens (tertiary/aromatic N) is 2. The number of nitrogens with one attached hydrogen (secondary N) is 2. The number of fused-ring (bicyclic) bond motifs is 1. The molecule has 1 atom stereocenters. The highest BCUT2D eigenvalue weighted by molar-refractivity contribution is 6.30. The van der Waals surface area contributed by atoms with Gasteiger partial charge >= 0.3 is 0 Å². The van der Waals surface area contributed by atoms with Crippen LogP contribution < -0.4 is 10.6 Å². The van der Waals surface area contributed by atoms with E-state index in [1.54, 1.807) is 17.9 Å². The maximum Gasteiger partial charge on any atom is 0.251 e. The predicted octanol–water partition coefficient (Wildman–Crippen LogP) is 4.43. The van der Waals surface area contributed by atoms with Crippen LogP contribution in [0.15, 0.2) is 48.5 Å². The Morgan fingerprint density at radius 3 is 2.71 bits per heavy atom. The molecule has 4 rings (SSSR count). The van der Waals surface area contributed by atoms with Gasteiger partial charge in [-0.1, -0.05) is 42.8 Å². The monoisotopic (exact) mass is 438 g/mol. The van der Waals surface area contributed by atoms with Crippen molar-refractivity contribution in [2.75, 3.05) is 17.7 Å². The number of anilines is 2. The molecule has 160 valence electrons. The van der Waals surface area contributed by atoms with E-state index >= 15 is 0 Å². The molecule has 2 N–H and O–H groups in total. The third kappa shape index (κ3) is 4.33. The van der Waals surface area contributed by atoms with Gasteiger partial charge in [0.25, 0.3) is 5.91 Å². The van der Waals surface area contributed by atoms with E-state index in [-0.39, 0.29) is 24.8 Å². The largest absolute Gasteiger partial charge is 0.378 e. The molecular formula is C23H23ClN4O3. The average Bonchev–Trinajstić information content (AvgIpc) is 3.24. The zero-order valence-electron chi connectivity index (χ0n) is 17.3. The van der Waals surface area contributed by atoms with Crippen molar-refractivity contribution in [3.05, 3.63) is 64.8 Å². The fraction of sp³-hybridized carbons (Fsp3) is 0.261. The van der Waals surface area contributed by atoms with E-state index in [9.17, 15) is 9.59 Å². The molecule has 1 unspecified atom stereocenters. The van der Waals surface area contributed by atoms with Gasteiger partial charge in [0.05, 0.1) is 18.7 Å². The van der Waals surface area contributed by atoms with Crippen molar-refractivity contribution >= 4 is 34.9 Å². The third-order valence-electron chi connectivity index (χ3n) is 5.24. The predicted molar refractivity (Wildman–Crippen MR) is 120 cm³/mol. The molecule has 8 heteroatoms. The Balaban J connectivity index is 1.60. The van der Waals surface area contributed by atoms with Crippen LogP contribution in [0.25, 0.3) is 11.1 Å². The smallest absolute Gasteiger partial charge is 0.251 e. The SMILES string of the molecule is CCc1ccc(NC(=O)CC2C(=O)Nc3c(-c4cccc(Cl)c4)c(COC)nn32)cc1. The van der Waals surface area contributed by atoms with Crippen molar-refractivity contribution in [2.24, 2.45) is 0 Å². The standard InChI is InChI=1S/C23H23ClN4O3/c1-3-14-7-9-17(10-8-14)25-20(29)12-19-23(30)26-22-21(15-5-4-6-16(24)11-15)18(13-31-2)27-28(19)22/h4-11,19H,3,12-13H2,1-2H3,(H,25,29)(H,26,30). The lowest BCUT2D eigenvalue weighted by Gasteiger charge is -2.10. The highest BCUT2D eigenvalue weighted by Gasteiger charge is 2.37. The number of aryl methyl sites for hydroxylation is 1. The summed E-state index contributed by atoms with van der Waals surface area (Å²) in [4.78, 5) is 25.3. The van der Waals surface area contributed by atoms with Crippen LogP contribution >= 0.6 is 11.6 Å². The Morgan fingerprint density at radius 2 is 2.03 bits per heavy atom. The molecule has 2 aromatic carbocycles. The van der Waals surface area contributed by atoms with E-state index in [4.69, 9.17) is 16.3 Å². The highest BCUT2D eigenvalue weighted by atomic mass is 35.5. The van der Waals surface area contributed by atoms with Gasteiger partial charge < -0.3 is 15.4 Å². The van der Waals surface area contributed by atoms with Crippen molar-refractivity contribution in [2.45, 2.75) is 32.4 Å². The lowest BCUT2D eigenvalue weighted by molar-refractivity contribution is -0.123. The number of carbonyl (C=O) groups is 2. The second-order valence-electron chi connectivity index (χ2n) is 7.37. The first kappa shape index (κ1) is 21.1. The molecule has 0 saturated heterocycles. The van der Waals surface area contributed by atoms with Gasteiger partial charge in [0.2, 0.25) is 5.91 Å². The van der Waals surface area contributed by atoms with E-state index in [0.29, 0.717) is 22.2 Å². The minimum Gasteiger partial charge on any atom is -0.378 e. The molecule has 2 amide bonds. The minimum atomic E-state index is -0.742. The topological polar surface area (TPSA) is 85.2 Å². The maximum absolute atomic E-state index is 12.7. The highest BCUT2D eigenvalue weighted by Crippen LogP contribution is 2.39.